The number of fused-ring (bicyclic) bond motifs is 1. The number of imidazole rings is 1. The second-order valence-corrected chi connectivity index (χ2v) is 6.07. The van der Waals surface area contributed by atoms with Crippen molar-refractivity contribution in [3.63, 3.8) is 0 Å². The van der Waals surface area contributed by atoms with Gasteiger partial charge in [-0.3, -0.25) is 9.48 Å². The average molecular weight is 346 g/mol. The number of halogens is 1. The summed E-state index contributed by atoms with van der Waals surface area (Å²) in [4.78, 5) is 16.9. The van der Waals surface area contributed by atoms with Gasteiger partial charge in [-0.05, 0) is 25.5 Å². The van der Waals surface area contributed by atoms with Crippen LogP contribution in [-0.2, 0) is 13.1 Å². The molecule has 6 nitrogen and oxygen atoms in total. The highest BCUT2D eigenvalue weighted by Gasteiger charge is 2.20. The van der Waals surface area contributed by atoms with Gasteiger partial charge in [0, 0.05) is 18.9 Å². The van der Waals surface area contributed by atoms with Gasteiger partial charge in [-0.2, -0.15) is 5.10 Å². The fraction of sp³-hybridized carbons (Fsp3) is 0.353. The summed E-state index contributed by atoms with van der Waals surface area (Å²) in [6.45, 7) is 4.97. The molecule has 3 aromatic heterocycles. The maximum atomic E-state index is 12.5. The maximum absolute atomic E-state index is 12.5. The molecule has 126 valence electrons. The van der Waals surface area contributed by atoms with Gasteiger partial charge in [-0.25, -0.2) is 4.98 Å². The normalized spacial score (nSPS) is 11.1. The first-order valence-electron chi connectivity index (χ1n) is 8.04. The van der Waals surface area contributed by atoms with E-state index in [1.807, 2.05) is 35.0 Å². The van der Waals surface area contributed by atoms with Crippen molar-refractivity contribution in [3.05, 3.63) is 52.7 Å². The Morgan fingerprint density at radius 3 is 2.96 bits per heavy atom. The van der Waals surface area contributed by atoms with Crippen LogP contribution in [0.5, 0.6) is 0 Å². The minimum atomic E-state index is -0.225. The number of unbranched alkanes of at least 4 members (excludes halogenated alkanes) is 1. The van der Waals surface area contributed by atoms with E-state index in [1.165, 1.54) is 0 Å². The van der Waals surface area contributed by atoms with Crippen molar-refractivity contribution in [2.45, 2.75) is 39.8 Å². The number of carbonyl (C=O) groups excluding carboxylic acids is 1. The molecule has 0 aromatic carbocycles. The summed E-state index contributed by atoms with van der Waals surface area (Å²) in [6.07, 6.45) is 5.84. The van der Waals surface area contributed by atoms with Crippen LogP contribution in [0, 0.1) is 6.92 Å². The van der Waals surface area contributed by atoms with E-state index in [2.05, 4.69) is 22.3 Å². The number of amides is 1. The quantitative estimate of drug-likeness (QED) is 0.746. The Labute approximate surface area is 145 Å². The summed E-state index contributed by atoms with van der Waals surface area (Å²) in [5.74, 6) is -0.225. The molecule has 0 radical (unpaired) electrons. The number of aromatic nitrogens is 4. The van der Waals surface area contributed by atoms with E-state index >= 15 is 0 Å². The number of nitrogens with zero attached hydrogens (tertiary/aromatic N) is 4. The van der Waals surface area contributed by atoms with Crippen LogP contribution >= 0.6 is 11.6 Å². The van der Waals surface area contributed by atoms with Crippen molar-refractivity contribution < 1.29 is 4.79 Å². The standard InChI is InChI=1S/C17H20ClN5O/c1-3-4-9-23-16(18)15(12(2)21-23)17(24)19-10-13-11-22-8-6-5-7-14(22)20-13/h5-8,11H,3-4,9-10H2,1-2H3,(H,19,24). The fourth-order valence-corrected chi connectivity index (χ4v) is 2.94. The van der Waals surface area contributed by atoms with Gasteiger partial charge in [-0.15, -0.1) is 0 Å². The van der Waals surface area contributed by atoms with Crippen molar-refractivity contribution >= 4 is 23.2 Å². The second-order valence-electron chi connectivity index (χ2n) is 5.71. The summed E-state index contributed by atoms with van der Waals surface area (Å²) >= 11 is 6.33. The summed E-state index contributed by atoms with van der Waals surface area (Å²) < 4.78 is 3.61. The van der Waals surface area contributed by atoms with Crippen LogP contribution in [0.15, 0.2) is 30.6 Å². The lowest BCUT2D eigenvalue weighted by atomic mass is 10.2. The fourth-order valence-electron chi connectivity index (χ4n) is 2.60. The van der Waals surface area contributed by atoms with Gasteiger partial charge in [0.1, 0.15) is 10.8 Å². The Hall–Kier alpha value is -2.34. The van der Waals surface area contributed by atoms with Crippen molar-refractivity contribution in [1.82, 2.24) is 24.5 Å². The molecule has 0 spiro atoms. The second kappa shape index (κ2) is 7.05. The van der Waals surface area contributed by atoms with Crippen LogP contribution in [0.3, 0.4) is 0 Å². The van der Waals surface area contributed by atoms with E-state index < -0.39 is 0 Å². The van der Waals surface area contributed by atoms with Gasteiger partial charge in [-0.1, -0.05) is 31.0 Å². The SMILES string of the molecule is CCCCn1nc(C)c(C(=O)NCc2cn3ccccc3n2)c1Cl. The van der Waals surface area contributed by atoms with Crippen molar-refractivity contribution in [1.29, 1.82) is 0 Å². The Balaban J connectivity index is 1.71. The predicted molar refractivity (Wildman–Crippen MR) is 93.2 cm³/mol. The number of aryl methyl sites for hydroxylation is 2. The lowest BCUT2D eigenvalue weighted by molar-refractivity contribution is 0.0950. The average Bonchev–Trinajstić information content (AvgIpc) is 3.11. The van der Waals surface area contributed by atoms with Gasteiger partial charge >= 0.3 is 0 Å². The Morgan fingerprint density at radius 1 is 1.38 bits per heavy atom. The third-order valence-electron chi connectivity index (χ3n) is 3.86. The predicted octanol–water partition coefficient (Wildman–Crippen LogP) is 3.22. The molecular formula is C17H20ClN5O. The molecule has 0 unspecified atom stereocenters. The number of carbonyl (C=O) groups is 1. The molecule has 0 aliphatic heterocycles. The molecule has 0 fully saturated rings. The van der Waals surface area contributed by atoms with Crippen LogP contribution in [-0.4, -0.2) is 25.1 Å². The van der Waals surface area contributed by atoms with Gasteiger partial charge in [0.15, 0.2) is 0 Å². The van der Waals surface area contributed by atoms with Gasteiger partial charge in [0.2, 0.25) is 0 Å². The van der Waals surface area contributed by atoms with Crippen LogP contribution in [0.25, 0.3) is 5.65 Å². The minimum absolute atomic E-state index is 0.225. The lowest BCUT2D eigenvalue weighted by Gasteiger charge is -2.04. The first-order valence-corrected chi connectivity index (χ1v) is 8.41. The van der Waals surface area contributed by atoms with E-state index in [1.54, 1.807) is 11.6 Å². The number of hydrogen-bond donors (Lipinski definition) is 1. The summed E-state index contributed by atoms with van der Waals surface area (Å²) in [5.41, 5.74) is 2.73. The maximum Gasteiger partial charge on any atom is 0.256 e. The highest BCUT2D eigenvalue weighted by molar-refractivity contribution is 6.33. The Kier molecular flexibility index (Phi) is 4.85. The number of rotatable bonds is 6. The largest absolute Gasteiger partial charge is 0.346 e. The van der Waals surface area contributed by atoms with Crippen molar-refractivity contribution in [2.75, 3.05) is 0 Å². The van der Waals surface area contributed by atoms with Crippen LogP contribution in [0.2, 0.25) is 5.15 Å². The third-order valence-corrected chi connectivity index (χ3v) is 4.24. The molecule has 0 aliphatic carbocycles. The minimum Gasteiger partial charge on any atom is -0.346 e. The highest BCUT2D eigenvalue weighted by atomic mass is 35.5. The van der Waals surface area contributed by atoms with Crippen LogP contribution in [0.4, 0.5) is 0 Å². The van der Waals surface area contributed by atoms with E-state index in [9.17, 15) is 4.79 Å². The topological polar surface area (TPSA) is 64.2 Å². The molecule has 3 heterocycles. The molecule has 3 aromatic rings. The van der Waals surface area contributed by atoms with Crippen molar-refractivity contribution in [2.24, 2.45) is 0 Å². The zero-order valence-corrected chi connectivity index (χ0v) is 14.5. The summed E-state index contributed by atoms with van der Waals surface area (Å²) in [6, 6.07) is 5.79. The number of hydrogen-bond acceptors (Lipinski definition) is 3. The highest BCUT2D eigenvalue weighted by Crippen LogP contribution is 2.20. The first-order chi connectivity index (χ1) is 11.6. The molecule has 7 heteroatoms. The number of pyridine rings is 1. The monoisotopic (exact) mass is 345 g/mol. The van der Waals surface area contributed by atoms with Crippen LogP contribution in [0.1, 0.15) is 41.5 Å². The summed E-state index contributed by atoms with van der Waals surface area (Å²) in [7, 11) is 0. The first kappa shape index (κ1) is 16.5. The molecule has 1 amide bonds. The van der Waals surface area contributed by atoms with E-state index in [4.69, 9.17) is 11.6 Å². The van der Waals surface area contributed by atoms with Gasteiger partial charge in [0.05, 0.1) is 23.5 Å². The van der Waals surface area contributed by atoms with Gasteiger partial charge in [0.25, 0.3) is 5.91 Å². The van der Waals surface area contributed by atoms with Crippen molar-refractivity contribution in [3.8, 4) is 0 Å². The van der Waals surface area contributed by atoms with E-state index in [0.717, 1.165) is 30.7 Å². The smallest absolute Gasteiger partial charge is 0.256 e. The van der Waals surface area contributed by atoms with E-state index in [-0.39, 0.29) is 5.91 Å². The molecule has 24 heavy (non-hydrogen) atoms. The molecule has 0 bridgehead atoms. The van der Waals surface area contributed by atoms with Crippen LogP contribution < -0.4 is 5.32 Å². The molecule has 0 aliphatic rings. The van der Waals surface area contributed by atoms with Gasteiger partial charge < -0.3 is 9.72 Å². The zero-order valence-electron chi connectivity index (χ0n) is 13.8. The molecule has 0 saturated heterocycles. The molecule has 0 atom stereocenters. The lowest BCUT2D eigenvalue weighted by Crippen LogP contribution is -2.23. The zero-order chi connectivity index (χ0) is 17.1. The molecular weight excluding hydrogens is 326 g/mol. The summed E-state index contributed by atoms with van der Waals surface area (Å²) in [5, 5.41) is 7.63. The molecule has 3 rings (SSSR count). The third kappa shape index (κ3) is 3.28. The Morgan fingerprint density at radius 2 is 2.21 bits per heavy atom. The molecule has 0 saturated carbocycles. The molecule has 1 N–H and O–H groups in total. The Bertz CT molecular complexity index is 834. The number of nitrogens with one attached hydrogen (secondary N) is 1. The van der Waals surface area contributed by atoms with E-state index in [0.29, 0.717) is 23.0 Å².